The van der Waals surface area contributed by atoms with Gasteiger partial charge < -0.3 is 4.90 Å². The van der Waals surface area contributed by atoms with Gasteiger partial charge in [-0.15, -0.1) is 0 Å². The van der Waals surface area contributed by atoms with Gasteiger partial charge in [0.05, 0.1) is 18.1 Å². The highest BCUT2D eigenvalue weighted by Crippen LogP contribution is 2.32. The molecule has 8 heteroatoms. The average Bonchev–Trinajstić information content (AvgIpc) is 3.33. The van der Waals surface area contributed by atoms with Crippen LogP contribution in [0.2, 0.25) is 10.0 Å². The number of fused-ring (bicyclic) bond motifs is 1. The lowest BCUT2D eigenvalue weighted by molar-refractivity contribution is 0.103. The van der Waals surface area contributed by atoms with Crippen molar-refractivity contribution in [1.29, 1.82) is 0 Å². The zero-order chi connectivity index (χ0) is 31.3. The minimum Gasteiger partial charge on any atom is -0.355 e. The second-order valence-electron chi connectivity index (χ2n) is 12.4. The molecule has 4 aromatic carbocycles. The fraction of sp³-hybridized carbons (Fsp3) is 0.316. The third-order valence-corrected chi connectivity index (χ3v) is 9.78. The summed E-state index contributed by atoms with van der Waals surface area (Å²) in [7, 11) is 0. The maximum absolute atomic E-state index is 6.25. The Hall–Kier alpha value is -3.52. The van der Waals surface area contributed by atoms with Crippen LogP contribution in [-0.4, -0.2) is 77.0 Å². The first-order valence-electron chi connectivity index (χ1n) is 16.3. The number of nitrogens with zero attached hydrogens (tertiary/aromatic N) is 6. The van der Waals surface area contributed by atoms with Gasteiger partial charge in [0, 0.05) is 74.3 Å². The molecular weight excluding hydrogens is 611 g/mol. The molecule has 0 N–H and O–H groups in total. The molecular formula is C38H40Cl2N6. The van der Waals surface area contributed by atoms with Crippen molar-refractivity contribution in [1.82, 2.24) is 24.7 Å². The van der Waals surface area contributed by atoms with Gasteiger partial charge >= 0.3 is 0 Å². The van der Waals surface area contributed by atoms with Crippen LogP contribution < -0.4 is 4.90 Å². The Bertz CT molecular complexity index is 1680. The van der Waals surface area contributed by atoms with E-state index in [1.54, 1.807) is 0 Å². The monoisotopic (exact) mass is 650 g/mol. The normalized spacial score (nSPS) is 17.1. The number of hydrogen-bond acceptors (Lipinski definition) is 6. The summed E-state index contributed by atoms with van der Waals surface area (Å²) in [5.41, 5.74) is 4.88. The molecule has 0 radical (unpaired) electrons. The molecule has 46 heavy (non-hydrogen) atoms. The van der Waals surface area contributed by atoms with Gasteiger partial charge in [0.2, 0.25) is 0 Å². The van der Waals surface area contributed by atoms with Gasteiger partial charge in [-0.05, 0) is 59.5 Å². The quantitative estimate of drug-likeness (QED) is 0.173. The predicted molar refractivity (Wildman–Crippen MR) is 190 cm³/mol. The van der Waals surface area contributed by atoms with Crippen molar-refractivity contribution >= 4 is 39.9 Å². The van der Waals surface area contributed by atoms with Gasteiger partial charge in [0.15, 0.2) is 0 Å². The third kappa shape index (κ3) is 7.38. The van der Waals surface area contributed by atoms with Crippen LogP contribution in [0.25, 0.3) is 10.9 Å². The number of para-hydroxylation sites is 1. The molecule has 7 rings (SSSR count). The van der Waals surface area contributed by atoms with Crippen LogP contribution in [0.5, 0.6) is 0 Å². The van der Waals surface area contributed by atoms with Crippen LogP contribution in [0.15, 0.2) is 103 Å². The van der Waals surface area contributed by atoms with Crippen LogP contribution in [0.3, 0.4) is 0 Å². The molecule has 0 bridgehead atoms. The number of hydrogen-bond donors (Lipinski definition) is 0. The summed E-state index contributed by atoms with van der Waals surface area (Å²) in [6, 6.07) is 35.9. The lowest BCUT2D eigenvalue weighted by Gasteiger charge is -2.39. The first-order chi connectivity index (χ1) is 22.6. The van der Waals surface area contributed by atoms with Gasteiger partial charge in [-0.25, -0.2) is 9.97 Å². The minimum atomic E-state index is 0.143. The molecule has 236 valence electrons. The number of rotatable bonds is 8. The Labute approximate surface area is 282 Å². The minimum absolute atomic E-state index is 0.143. The molecule has 6 nitrogen and oxygen atoms in total. The first kappa shape index (κ1) is 31.1. The summed E-state index contributed by atoms with van der Waals surface area (Å²) in [5, 5.41) is 2.65. The largest absolute Gasteiger partial charge is 0.355 e. The van der Waals surface area contributed by atoms with Gasteiger partial charge in [-0.2, -0.15) is 0 Å². The topological polar surface area (TPSA) is 38.7 Å². The second kappa shape index (κ2) is 14.5. The van der Waals surface area contributed by atoms with E-state index < -0.39 is 0 Å². The highest BCUT2D eigenvalue weighted by atomic mass is 35.5. The van der Waals surface area contributed by atoms with E-state index in [0.717, 1.165) is 104 Å². The SMILES string of the molecule is Clc1ccc(C(c2ccc(Cl)cc2)N2CCN(Cc3nc(N4CCCN(Cc5ccccc5)CC4)c4ccccc4n3)CC2)cc1. The maximum Gasteiger partial charge on any atom is 0.145 e. The van der Waals surface area contributed by atoms with E-state index >= 15 is 0 Å². The zero-order valence-electron chi connectivity index (χ0n) is 26.1. The van der Waals surface area contributed by atoms with Gasteiger partial charge in [-0.3, -0.25) is 14.7 Å². The zero-order valence-corrected chi connectivity index (χ0v) is 27.6. The second-order valence-corrected chi connectivity index (χ2v) is 13.3. The van der Waals surface area contributed by atoms with Crippen molar-refractivity contribution in [2.24, 2.45) is 0 Å². The summed E-state index contributed by atoms with van der Waals surface area (Å²) in [5.74, 6) is 1.98. The summed E-state index contributed by atoms with van der Waals surface area (Å²) < 4.78 is 0. The van der Waals surface area contributed by atoms with Crippen molar-refractivity contribution in [3.63, 3.8) is 0 Å². The fourth-order valence-corrected chi connectivity index (χ4v) is 7.14. The molecule has 0 aliphatic carbocycles. The molecule has 3 heterocycles. The predicted octanol–water partition coefficient (Wildman–Crippen LogP) is 7.56. The lowest BCUT2D eigenvalue weighted by Crippen LogP contribution is -2.47. The van der Waals surface area contributed by atoms with Crippen molar-refractivity contribution in [3.05, 3.63) is 136 Å². The highest BCUT2D eigenvalue weighted by molar-refractivity contribution is 6.30. The molecule has 2 saturated heterocycles. The molecule has 5 aromatic rings. The van der Waals surface area contributed by atoms with Crippen molar-refractivity contribution in [2.75, 3.05) is 57.3 Å². The van der Waals surface area contributed by atoms with Crippen molar-refractivity contribution < 1.29 is 0 Å². The number of halogens is 2. The molecule has 1 aromatic heterocycles. The first-order valence-corrected chi connectivity index (χ1v) is 17.1. The standard InChI is InChI=1S/C38H40Cl2N6/c39-32-15-11-30(12-16-32)37(31-13-17-33(40)18-14-31)45-24-21-44(22-25-45)28-36-41-35-10-5-4-9-34(35)38(42-36)46-20-6-19-43(23-26-46)27-29-7-2-1-3-8-29/h1-5,7-18,37H,6,19-28H2. The average molecular weight is 652 g/mol. The van der Waals surface area contributed by atoms with Crippen LogP contribution in [-0.2, 0) is 13.1 Å². The number of anilines is 1. The molecule has 0 atom stereocenters. The van der Waals surface area contributed by atoms with E-state index in [-0.39, 0.29) is 6.04 Å². The van der Waals surface area contributed by atoms with Crippen LogP contribution in [0.4, 0.5) is 5.82 Å². The molecule has 0 saturated carbocycles. The van der Waals surface area contributed by atoms with Crippen molar-refractivity contribution in [3.8, 4) is 0 Å². The van der Waals surface area contributed by atoms with Gasteiger partial charge in [0.1, 0.15) is 11.6 Å². The van der Waals surface area contributed by atoms with Gasteiger partial charge in [-0.1, -0.05) is 89.9 Å². The molecule has 2 fully saturated rings. The van der Waals surface area contributed by atoms with Crippen LogP contribution in [0, 0.1) is 0 Å². The van der Waals surface area contributed by atoms with E-state index in [9.17, 15) is 0 Å². The Kier molecular flexibility index (Phi) is 9.80. The highest BCUT2D eigenvalue weighted by Gasteiger charge is 2.27. The number of piperazine rings is 1. The van der Waals surface area contributed by atoms with E-state index in [1.165, 1.54) is 16.7 Å². The Morgan fingerprint density at radius 2 is 1.17 bits per heavy atom. The maximum atomic E-state index is 6.25. The number of benzene rings is 4. The van der Waals surface area contributed by atoms with E-state index in [0.29, 0.717) is 0 Å². The molecule has 0 spiro atoms. The summed E-state index contributed by atoms with van der Waals surface area (Å²) in [4.78, 5) is 20.4. The Morgan fingerprint density at radius 3 is 1.87 bits per heavy atom. The molecule has 2 aliphatic rings. The van der Waals surface area contributed by atoms with E-state index in [4.69, 9.17) is 33.2 Å². The molecule has 0 amide bonds. The molecule has 2 aliphatic heterocycles. The van der Waals surface area contributed by atoms with E-state index in [1.807, 2.05) is 24.3 Å². The molecule has 0 unspecified atom stereocenters. The fourth-order valence-electron chi connectivity index (χ4n) is 6.88. The third-order valence-electron chi connectivity index (χ3n) is 9.28. The van der Waals surface area contributed by atoms with Gasteiger partial charge in [0.25, 0.3) is 0 Å². The van der Waals surface area contributed by atoms with Crippen molar-refractivity contribution in [2.45, 2.75) is 25.6 Å². The summed E-state index contributed by atoms with van der Waals surface area (Å²) in [6.07, 6.45) is 1.12. The number of aromatic nitrogens is 2. The van der Waals surface area contributed by atoms with Crippen LogP contribution in [0.1, 0.15) is 35.0 Å². The van der Waals surface area contributed by atoms with Crippen LogP contribution >= 0.6 is 23.2 Å². The van der Waals surface area contributed by atoms with E-state index in [2.05, 4.69) is 98.5 Å². The lowest BCUT2D eigenvalue weighted by atomic mass is 9.96. The Balaban J connectivity index is 1.05. The summed E-state index contributed by atoms with van der Waals surface area (Å²) in [6.45, 7) is 9.59. The summed E-state index contributed by atoms with van der Waals surface area (Å²) >= 11 is 12.5. The smallest absolute Gasteiger partial charge is 0.145 e. The Morgan fingerprint density at radius 1 is 0.565 bits per heavy atom.